The van der Waals surface area contributed by atoms with Gasteiger partial charge >= 0.3 is 0 Å². The zero-order chi connectivity index (χ0) is 14.1. The molecule has 0 amide bonds. The second kappa shape index (κ2) is 6.14. The van der Waals surface area contributed by atoms with Crippen LogP contribution in [0, 0.1) is 0 Å². The van der Waals surface area contributed by atoms with Crippen LogP contribution in [-0.2, 0) is 6.42 Å². The van der Waals surface area contributed by atoms with Crippen LogP contribution in [0.3, 0.4) is 0 Å². The third-order valence-electron chi connectivity index (χ3n) is 4.79. The van der Waals surface area contributed by atoms with Crippen LogP contribution >= 0.6 is 15.9 Å². The first-order valence-corrected chi connectivity index (χ1v) is 8.34. The van der Waals surface area contributed by atoms with Crippen LogP contribution in [0.5, 0.6) is 0 Å². The number of benzene rings is 1. The molecule has 0 spiro atoms. The lowest BCUT2D eigenvalue weighted by atomic mass is 10.1. The van der Waals surface area contributed by atoms with E-state index in [1.807, 2.05) is 0 Å². The van der Waals surface area contributed by atoms with Gasteiger partial charge in [0.15, 0.2) is 0 Å². The summed E-state index contributed by atoms with van der Waals surface area (Å²) in [6.07, 6.45) is 2.42. The van der Waals surface area contributed by atoms with Gasteiger partial charge in [-0.05, 0) is 44.1 Å². The minimum absolute atomic E-state index is 0.531. The van der Waals surface area contributed by atoms with Crippen LogP contribution in [0.1, 0.15) is 23.6 Å². The van der Waals surface area contributed by atoms with Gasteiger partial charge in [0, 0.05) is 42.7 Å². The first-order chi connectivity index (χ1) is 9.65. The van der Waals surface area contributed by atoms with Crippen molar-refractivity contribution in [3.05, 3.63) is 33.8 Å². The molecule has 1 N–H and O–H groups in total. The van der Waals surface area contributed by atoms with E-state index in [-0.39, 0.29) is 0 Å². The molecule has 0 bridgehead atoms. The largest absolute Gasteiger partial charge is 0.308 e. The molecule has 0 saturated carbocycles. The zero-order valence-corrected chi connectivity index (χ0v) is 14.0. The van der Waals surface area contributed by atoms with E-state index in [1.54, 1.807) is 0 Å². The Kier molecular flexibility index (Phi) is 4.46. The molecule has 1 aromatic rings. The minimum atomic E-state index is 0.531. The van der Waals surface area contributed by atoms with Crippen molar-refractivity contribution in [1.29, 1.82) is 0 Å². The molecule has 1 saturated heterocycles. The maximum Gasteiger partial charge on any atom is 0.0345 e. The third kappa shape index (κ3) is 2.93. The third-order valence-corrected chi connectivity index (χ3v) is 5.54. The maximum absolute atomic E-state index is 3.80. The molecule has 1 fully saturated rings. The Morgan fingerprint density at radius 3 is 3.00 bits per heavy atom. The summed E-state index contributed by atoms with van der Waals surface area (Å²) < 4.78 is 1.27. The highest BCUT2D eigenvalue weighted by molar-refractivity contribution is 9.10. The average Bonchev–Trinajstić information content (AvgIpc) is 2.85. The molecule has 1 aliphatic heterocycles. The van der Waals surface area contributed by atoms with Gasteiger partial charge in [0.2, 0.25) is 0 Å². The molecule has 2 atom stereocenters. The van der Waals surface area contributed by atoms with Gasteiger partial charge in [0.1, 0.15) is 0 Å². The summed E-state index contributed by atoms with van der Waals surface area (Å²) in [5.41, 5.74) is 2.99. The number of likely N-dealkylation sites (N-methyl/N-ethyl adjacent to an activating group) is 2. The van der Waals surface area contributed by atoms with Crippen LogP contribution in [0.2, 0.25) is 0 Å². The quantitative estimate of drug-likeness (QED) is 0.912. The molecular weight excluding hydrogens is 314 g/mol. The Bertz CT molecular complexity index is 477. The second-order valence-corrected chi connectivity index (χ2v) is 7.06. The SMILES string of the molecule is CN1CCN(C)[C@H](CN[C@H]2CCc3c(Br)cccc32)C1. The van der Waals surface area contributed by atoms with Crippen molar-refractivity contribution >= 4 is 15.9 Å². The van der Waals surface area contributed by atoms with E-state index in [2.05, 4.69) is 63.3 Å². The molecule has 1 aliphatic carbocycles. The van der Waals surface area contributed by atoms with E-state index in [1.165, 1.54) is 48.1 Å². The van der Waals surface area contributed by atoms with Gasteiger partial charge in [0.05, 0.1) is 0 Å². The molecular formula is C16H24BrN3. The molecule has 3 rings (SSSR count). The van der Waals surface area contributed by atoms with Crippen molar-refractivity contribution in [3.8, 4) is 0 Å². The summed E-state index contributed by atoms with van der Waals surface area (Å²) >= 11 is 3.68. The predicted octanol–water partition coefficient (Wildman–Crippen LogP) is 2.27. The van der Waals surface area contributed by atoms with Crippen molar-refractivity contribution in [2.45, 2.75) is 24.9 Å². The van der Waals surface area contributed by atoms with Crippen LogP contribution < -0.4 is 5.32 Å². The molecule has 1 aromatic carbocycles. The number of hydrogen-bond donors (Lipinski definition) is 1. The summed E-state index contributed by atoms with van der Waals surface area (Å²) in [5, 5.41) is 3.80. The van der Waals surface area contributed by atoms with Gasteiger partial charge in [-0.1, -0.05) is 28.1 Å². The van der Waals surface area contributed by atoms with Gasteiger partial charge in [-0.15, -0.1) is 0 Å². The summed E-state index contributed by atoms with van der Waals surface area (Å²) in [4.78, 5) is 4.93. The fourth-order valence-electron chi connectivity index (χ4n) is 3.42. The lowest BCUT2D eigenvalue weighted by molar-refractivity contribution is 0.111. The molecule has 20 heavy (non-hydrogen) atoms. The highest BCUT2D eigenvalue weighted by atomic mass is 79.9. The highest BCUT2D eigenvalue weighted by Gasteiger charge is 2.26. The normalized spacial score (nSPS) is 27.8. The van der Waals surface area contributed by atoms with Crippen molar-refractivity contribution in [3.63, 3.8) is 0 Å². The topological polar surface area (TPSA) is 18.5 Å². The fourth-order valence-corrected chi connectivity index (χ4v) is 4.00. The van der Waals surface area contributed by atoms with Gasteiger partial charge in [0.25, 0.3) is 0 Å². The minimum Gasteiger partial charge on any atom is -0.308 e. The fraction of sp³-hybridized carbons (Fsp3) is 0.625. The Hall–Kier alpha value is -0.420. The molecule has 4 heteroatoms. The summed E-state index contributed by atoms with van der Waals surface area (Å²) in [6, 6.07) is 7.75. The first-order valence-electron chi connectivity index (χ1n) is 7.54. The van der Waals surface area contributed by atoms with Crippen molar-refractivity contribution in [2.24, 2.45) is 0 Å². The van der Waals surface area contributed by atoms with E-state index in [9.17, 15) is 0 Å². The summed E-state index contributed by atoms with van der Waals surface area (Å²) in [7, 11) is 4.47. The molecule has 110 valence electrons. The zero-order valence-electron chi connectivity index (χ0n) is 12.4. The van der Waals surface area contributed by atoms with Crippen LogP contribution in [0.15, 0.2) is 22.7 Å². The Balaban J connectivity index is 1.62. The lowest BCUT2D eigenvalue weighted by Crippen LogP contribution is -2.54. The lowest BCUT2D eigenvalue weighted by Gasteiger charge is -2.38. The van der Waals surface area contributed by atoms with Crippen molar-refractivity contribution in [2.75, 3.05) is 40.3 Å². The molecule has 1 heterocycles. The van der Waals surface area contributed by atoms with E-state index < -0.39 is 0 Å². The summed E-state index contributed by atoms with van der Waals surface area (Å²) in [5.74, 6) is 0. The molecule has 0 unspecified atom stereocenters. The van der Waals surface area contributed by atoms with Gasteiger partial charge in [-0.3, -0.25) is 4.90 Å². The maximum atomic E-state index is 3.80. The first kappa shape index (κ1) is 14.5. The van der Waals surface area contributed by atoms with Crippen LogP contribution in [-0.4, -0.2) is 56.1 Å². The molecule has 3 nitrogen and oxygen atoms in total. The van der Waals surface area contributed by atoms with Crippen LogP contribution in [0.4, 0.5) is 0 Å². The molecule has 2 aliphatic rings. The van der Waals surface area contributed by atoms with Gasteiger partial charge in [-0.2, -0.15) is 0 Å². The number of rotatable bonds is 3. The van der Waals surface area contributed by atoms with E-state index in [4.69, 9.17) is 0 Å². The van der Waals surface area contributed by atoms with Gasteiger partial charge in [-0.25, -0.2) is 0 Å². The van der Waals surface area contributed by atoms with E-state index >= 15 is 0 Å². The molecule has 0 aromatic heterocycles. The van der Waals surface area contributed by atoms with Gasteiger partial charge < -0.3 is 10.2 Å². The second-order valence-electron chi connectivity index (χ2n) is 6.20. The summed E-state index contributed by atoms with van der Waals surface area (Å²) in [6.45, 7) is 4.61. The number of piperazine rings is 1. The Morgan fingerprint density at radius 1 is 1.30 bits per heavy atom. The molecule has 0 radical (unpaired) electrons. The number of nitrogens with one attached hydrogen (secondary N) is 1. The standard InChI is InChI=1S/C16H24BrN3/c1-19-8-9-20(2)12(11-19)10-18-16-7-6-13-14(16)4-3-5-15(13)17/h3-5,12,16,18H,6-11H2,1-2H3/t12-,16+/m1/s1. The Labute approximate surface area is 130 Å². The van der Waals surface area contributed by atoms with Crippen molar-refractivity contribution < 1.29 is 0 Å². The number of fused-ring (bicyclic) bond motifs is 1. The van der Waals surface area contributed by atoms with E-state index in [0.717, 1.165) is 6.54 Å². The monoisotopic (exact) mass is 337 g/mol. The number of hydrogen-bond acceptors (Lipinski definition) is 3. The Morgan fingerprint density at radius 2 is 2.15 bits per heavy atom. The van der Waals surface area contributed by atoms with Crippen LogP contribution in [0.25, 0.3) is 0 Å². The predicted molar refractivity (Wildman–Crippen MR) is 87.1 cm³/mol. The highest BCUT2D eigenvalue weighted by Crippen LogP contribution is 2.35. The smallest absolute Gasteiger partial charge is 0.0345 e. The van der Waals surface area contributed by atoms with Crippen molar-refractivity contribution in [1.82, 2.24) is 15.1 Å². The number of nitrogens with zero attached hydrogens (tertiary/aromatic N) is 2. The number of halogens is 1. The van der Waals surface area contributed by atoms with E-state index in [0.29, 0.717) is 12.1 Å². The average molecular weight is 338 g/mol.